The van der Waals surface area contributed by atoms with Crippen LogP contribution in [-0.2, 0) is 26.5 Å². The summed E-state index contributed by atoms with van der Waals surface area (Å²) in [6.07, 6.45) is 4.62. The number of hydrogen-bond acceptors (Lipinski definition) is 10. The van der Waals surface area contributed by atoms with Crippen LogP contribution in [0, 0.1) is 0 Å². The molecular weight excluding hydrogens is 470 g/mol. The number of benzene rings is 1. The summed E-state index contributed by atoms with van der Waals surface area (Å²) in [5.41, 5.74) is 2.13. The molecular formula is C18H21N9O4S2. The normalized spacial score (nSPS) is 18.6. The molecule has 0 spiro atoms. The number of sulfonamides is 2. The van der Waals surface area contributed by atoms with E-state index in [-0.39, 0.29) is 17.4 Å². The SMILES string of the molecule is NS(=O)(=O)c1c(S(=O)(=O)N[C@@H]2CCNC2)ccc(N2CCc3ccncc32)c1-c1nn[nH]n1. The first-order chi connectivity index (χ1) is 15.8. The smallest absolute Gasteiger partial charge is 0.242 e. The Morgan fingerprint density at radius 2 is 2.00 bits per heavy atom. The Bertz CT molecular complexity index is 1400. The monoisotopic (exact) mass is 491 g/mol. The average molecular weight is 492 g/mol. The van der Waals surface area contributed by atoms with Crippen molar-refractivity contribution in [1.29, 1.82) is 0 Å². The number of rotatable bonds is 6. The van der Waals surface area contributed by atoms with Crippen LogP contribution in [0.4, 0.5) is 11.4 Å². The number of primary sulfonamides is 1. The highest BCUT2D eigenvalue weighted by molar-refractivity contribution is 7.92. The largest absolute Gasteiger partial charge is 0.339 e. The first-order valence-electron chi connectivity index (χ1n) is 10.1. The van der Waals surface area contributed by atoms with Crippen LogP contribution in [0.15, 0.2) is 40.4 Å². The highest BCUT2D eigenvalue weighted by Crippen LogP contribution is 2.43. The molecule has 0 unspecified atom stereocenters. The zero-order valence-electron chi connectivity index (χ0n) is 17.3. The number of nitrogens with two attached hydrogens (primary N) is 1. The summed E-state index contributed by atoms with van der Waals surface area (Å²) in [5.74, 6) is -0.0917. The van der Waals surface area contributed by atoms with E-state index >= 15 is 0 Å². The number of H-pyrrole nitrogens is 1. The van der Waals surface area contributed by atoms with Gasteiger partial charge in [0.25, 0.3) is 0 Å². The van der Waals surface area contributed by atoms with Crippen molar-refractivity contribution < 1.29 is 16.8 Å². The average Bonchev–Trinajstić information content (AvgIpc) is 3.53. The van der Waals surface area contributed by atoms with E-state index in [1.165, 1.54) is 12.1 Å². The van der Waals surface area contributed by atoms with Crippen molar-refractivity contribution in [2.24, 2.45) is 5.14 Å². The summed E-state index contributed by atoms with van der Waals surface area (Å²) in [6.45, 7) is 1.62. The Labute approximate surface area is 189 Å². The molecule has 0 radical (unpaired) electrons. The second-order valence-electron chi connectivity index (χ2n) is 7.78. The third-order valence-corrected chi connectivity index (χ3v) is 8.38. The molecule has 1 atom stereocenters. The van der Waals surface area contributed by atoms with Gasteiger partial charge in [0.2, 0.25) is 25.9 Å². The minimum absolute atomic E-state index is 0.0459. The van der Waals surface area contributed by atoms with Gasteiger partial charge in [0, 0.05) is 25.3 Å². The lowest BCUT2D eigenvalue weighted by molar-refractivity contribution is 0.555. The van der Waals surface area contributed by atoms with Gasteiger partial charge in [0.05, 0.1) is 23.1 Å². The predicted octanol–water partition coefficient (Wildman–Crippen LogP) is -0.756. The minimum atomic E-state index is -4.54. The predicted molar refractivity (Wildman–Crippen MR) is 118 cm³/mol. The number of nitrogens with one attached hydrogen (secondary N) is 3. The van der Waals surface area contributed by atoms with E-state index in [0.29, 0.717) is 38.2 Å². The van der Waals surface area contributed by atoms with Gasteiger partial charge in [-0.3, -0.25) is 4.98 Å². The molecule has 33 heavy (non-hydrogen) atoms. The van der Waals surface area contributed by atoms with Crippen LogP contribution in [0.2, 0.25) is 0 Å². The van der Waals surface area contributed by atoms with Gasteiger partial charge in [0.1, 0.15) is 9.79 Å². The Hall–Kier alpha value is -2.98. The summed E-state index contributed by atoms with van der Waals surface area (Å²) >= 11 is 0. The van der Waals surface area contributed by atoms with E-state index < -0.39 is 29.8 Å². The Balaban J connectivity index is 1.75. The van der Waals surface area contributed by atoms with E-state index in [1.54, 1.807) is 12.4 Å². The summed E-state index contributed by atoms with van der Waals surface area (Å²) in [4.78, 5) is 4.95. The maximum atomic E-state index is 13.3. The molecule has 4 heterocycles. The second-order valence-corrected chi connectivity index (χ2v) is 11.0. The van der Waals surface area contributed by atoms with Gasteiger partial charge in [-0.25, -0.2) is 26.7 Å². The van der Waals surface area contributed by atoms with Gasteiger partial charge in [0.15, 0.2) is 0 Å². The molecule has 0 bridgehead atoms. The molecule has 0 amide bonds. The van der Waals surface area contributed by atoms with Crippen molar-refractivity contribution in [1.82, 2.24) is 35.6 Å². The van der Waals surface area contributed by atoms with Gasteiger partial charge < -0.3 is 10.2 Å². The molecule has 5 N–H and O–H groups in total. The molecule has 15 heteroatoms. The van der Waals surface area contributed by atoms with Gasteiger partial charge in [-0.1, -0.05) is 0 Å². The van der Waals surface area contributed by atoms with Crippen LogP contribution >= 0.6 is 0 Å². The van der Waals surface area contributed by atoms with Gasteiger partial charge in [-0.05, 0) is 48.4 Å². The molecule has 13 nitrogen and oxygen atoms in total. The molecule has 2 aliphatic heterocycles. The number of aromatic amines is 1. The summed E-state index contributed by atoms with van der Waals surface area (Å²) in [5, 5.41) is 22.4. The van der Waals surface area contributed by atoms with E-state index in [4.69, 9.17) is 5.14 Å². The van der Waals surface area contributed by atoms with Crippen molar-refractivity contribution in [3.8, 4) is 11.4 Å². The Kier molecular flexibility index (Phi) is 5.37. The highest BCUT2D eigenvalue weighted by Gasteiger charge is 2.35. The number of anilines is 2. The fourth-order valence-electron chi connectivity index (χ4n) is 4.27. The van der Waals surface area contributed by atoms with Crippen LogP contribution < -0.4 is 20.1 Å². The van der Waals surface area contributed by atoms with Crippen molar-refractivity contribution in [2.45, 2.75) is 28.7 Å². The third kappa shape index (κ3) is 3.97. The maximum Gasteiger partial charge on any atom is 0.242 e. The molecule has 1 fully saturated rings. The number of nitrogens with zero attached hydrogens (tertiary/aromatic N) is 5. The highest BCUT2D eigenvalue weighted by atomic mass is 32.2. The van der Waals surface area contributed by atoms with Gasteiger partial charge in [-0.2, -0.15) is 5.21 Å². The summed E-state index contributed by atoms with van der Waals surface area (Å²) < 4.78 is 54.7. The van der Waals surface area contributed by atoms with Crippen molar-refractivity contribution in [3.05, 3.63) is 36.2 Å². The minimum Gasteiger partial charge on any atom is -0.339 e. The Morgan fingerprint density at radius 1 is 1.15 bits per heavy atom. The van der Waals surface area contributed by atoms with Crippen LogP contribution in [0.5, 0.6) is 0 Å². The number of pyridine rings is 1. The van der Waals surface area contributed by atoms with Gasteiger partial charge in [-0.15, -0.1) is 10.2 Å². The van der Waals surface area contributed by atoms with Crippen LogP contribution in [0.3, 0.4) is 0 Å². The lowest BCUT2D eigenvalue weighted by Gasteiger charge is -2.24. The molecule has 0 saturated carbocycles. The molecule has 3 aromatic rings. The first kappa shape index (κ1) is 21.8. The zero-order chi connectivity index (χ0) is 23.2. The topological polar surface area (TPSA) is 189 Å². The number of aromatic nitrogens is 5. The molecule has 174 valence electrons. The van der Waals surface area contributed by atoms with Crippen molar-refractivity contribution in [2.75, 3.05) is 24.5 Å². The molecule has 1 saturated heterocycles. The maximum absolute atomic E-state index is 13.3. The van der Waals surface area contributed by atoms with E-state index in [1.807, 2.05) is 11.0 Å². The number of tetrazole rings is 1. The number of fused-ring (bicyclic) bond motifs is 1. The van der Waals surface area contributed by atoms with E-state index in [0.717, 1.165) is 11.3 Å². The second kappa shape index (κ2) is 8.11. The quantitative estimate of drug-likeness (QED) is 0.341. The first-order valence-corrected chi connectivity index (χ1v) is 13.2. The summed E-state index contributed by atoms with van der Waals surface area (Å²) in [6, 6.07) is 4.29. The standard InChI is InChI=1S/C18H21N9O4S2/c19-32(28,29)17-15(33(30,31)24-12-4-7-20-9-12)2-1-13(16(17)18-22-25-26-23-18)27-8-5-11-3-6-21-10-14(11)27/h1-3,6,10,12,20,24H,4-5,7-9H2,(H2,19,28,29)(H,22,23,25,26)/t12-/m1/s1. The molecule has 1 aromatic carbocycles. The lowest BCUT2D eigenvalue weighted by Crippen LogP contribution is -2.37. The van der Waals surface area contributed by atoms with Crippen LogP contribution in [0.25, 0.3) is 11.4 Å². The van der Waals surface area contributed by atoms with E-state index in [9.17, 15) is 16.8 Å². The number of hydrogen-bond donors (Lipinski definition) is 4. The van der Waals surface area contributed by atoms with Crippen LogP contribution in [0.1, 0.15) is 12.0 Å². The molecule has 2 aliphatic rings. The summed E-state index contributed by atoms with van der Waals surface area (Å²) in [7, 11) is -8.77. The third-order valence-electron chi connectivity index (χ3n) is 5.70. The molecule has 0 aliphatic carbocycles. The molecule has 5 rings (SSSR count). The fourth-order valence-corrected chi connectivity index (χ4v) is 7.13. The van der Waals surface area contributed by atoms with E-state index in [2.05, 4.69) is 35.6 Å². The van der Waals surface area contributed by atoms with Gasteiger partial charge >= 0.3 is 0 Å². The van der Waals surface area contributed by atoms with Crippen LogP contribution in [-0.4, -0.2) is 68.1 Å². The zero-order valence-corrected chi connectivity index (χ0v) is 18.9. The fraction of sp³-hybridized carbons (Fsp3) is 0.333. The molecule has 2 aromatic heterocycles. The Morgan fingerprint density at radius 3 is 2.70 bits per heavy atom. The van der Waals surface area contributed by atoms with Crippen molar-refractivity contribution in [3.63, 3.8) is 0 Å². The lowest BCUT2D eigenvalue weighted by atomic mass is 10.1. The van der Waals surface area contributed by atoms with Crippen molar-refractivity contribution >= 4 is 31.4 Å².